The van der Waals surface area contributed by atoms with Crippen LogP contribution in [0.15, 0.2) is 0 Å². The van der Waals surface area contributed by atoms with Crippen molar-refractivity contribution < 1.29 is 19.1 Å². The van der Waals surface area contributed by atoms with Crippen molar-refractivity contribution >= 4 is 14.3 Å². The summed E-state index contributed by atoms with van der Waals surface area (Å²) in [4.78, 5) is 11.5. The zero-order valence-corrected chi connectivity index (χ0v) is 13.2. The van der Waals surface area contributed by atoms with Crippen LogP contribution in [0.5, 0.6) is 0 Å². The maximum absolute atomic E-state index is 11.5. The van der Waals surface area contributed by atoms with Gasteiger partial charge < -0.3 is 14.3 Å². The first-order chi connectivity index (χ1) is 7.88. The second-order valence-electron chi connectivity index (χ2n) is 4.22. The van der Waals surface area contributed by atoms with E-state index in [0.29, 0.717) is 0 Å². The second kappa shape index (κ2) is 9.62. The van der Waals surface area contributed by atoms with E-state index < -0.39 is 14.0 Å². The number of aliphatic hydroxyl groups excluding tert-OH is 1. The highest BCUT2D eigenvalue weighted by Crippen LogP contribution is 2.15. The fourth-order valence-electron chi connectivity index (χ4n) is 0.953. The van der Waals surface area contributed by atoms with Gasteiger partial charge in [-0.3, -0.25) is 4.79 Å². The first kappa shape index (κ1) is 19.0. The lowest BCUT2D eigenvalue weighted by molar-refractivity contribution is -0.152. The Morgan fingerprint density at radius 3 is 2.12 bits per heavy atom. The molecule has 0 heterocycles. The van der Waals surface area contributed by atoms with Gasteiger partial charge in [-0.05, 0) is 19.5 Å². The van der Waals surface area contributed by atoms with Gasteiger partial charge in [0.15, 0.2) is 0 Å². The number of ether oxygens (including phenoxy) is 1. The summed E-state index contributed by atoms with van der Waals surface area (Å²) in [7, 11) is -0.532. The Morgan fingerprint density at radius 1 is 1.35 bits per heavy atom. The van der Waals surface area contributed by atoms with E-state index in [1.54, 1.807) is 7.11 Å². The molecule has 0 saturated carbocycles. The molecule has 0 rings (SSSR count). The van der Waals surface area contributed by atoms with E-state index in [2.05, 4.69) is 0 Å². The molecule has 0 aromatic rings. The van der Waals surface area contributed by atoms with Crippen molar-refractivity contribution in [1.29, 1.82) is 0 Å². The van der Waals surface area contributed by atoms with E-state index in [0.717, 1.165) is 6.42 Å². The summed E-state index contributed by atoms with van der Waals surface area (Å²) in [6, 6.07) is 0. The molecule has 2 atom stereocenters. The molecule has 104 valence electrons. The lowest BCUT2D eigenvalue weighted by atomic mass is 10.1. The van der Waals surface area contributed by atoms with E-state index in [1.165, 1.54) is 0 Å². The summed E-state index contributed by atoms with van der Waals surface area (Å²) in [5, 5.41) is 9.17. The first-order valence-electron chi connectivity index (χ1n) is 6.25. The van der Waals surface area contributed by atoms with Crippen molar-refractivity contribution in [2.24, 2.45) is 5.92 Å². The van der Waals surface area contributed by atoms with Crippen LogP contribution in [0.3, 0.4) is 0 Å². The molecule has 4 nitrogen and oxygen atoms in total. The molecular weight excluding hydrogens is 236 g/mol. The van der Waals surface area contributed by atoms with Crippen LogP contribution in [-0.2, 0) is 14.0 Å². The predicted molar refractivity (Wildman–Crippen MR) is 72.3 cm³/mol. The Labute approximate surface area is 106 Å². The number of hydrogen-bond acceptors (Lipinski definition) is 4. The maximum Gasteiger partial charge on any atom is 0.308 e. The van der Waals surface area contributed by atoms with Gasteiger partial charge in [-0.1, -0.05) is 27.7 Å². The molecule has 5 heteroatoms. The maximum atomic E-state index is 11.5. The second-order valence-corrected chi connectivity index (χ2v) is 8.48. The zero-order chi connectivity index (χ0) is 14.1. The summed E-state index contributed by atoms with van der Waals surface area (Å²) in [6.45, 7) is 11.4. The van der Waals surface area contributed by atoms with Crippen LogP contribution in [0, 0.1) is 5.92 Å². The predicted octanol–water partition coefficient (Wildman–Crippen LogP) is 2.35. The van der Waals surface area contributed by atoms with Crippen molar-refractivity contribution in [3.63, 3.8) is 0 Å². The van der Waals surface area contributed by atoms with Crippen LogP contribution in [0.1, 0.15) is 34.1 Å². The average Bonchev–Trinajstić information content (AvgIpc) is 2.36. The highest BCUT2D eigenvalue weighted by molar-refractivity contribution is 6.72. The molecule has 0 radical (unpaired) electrons. The molecule has 17 heavy (non-hydrogen) atoms. The van der Waals surface area contributed by atoms with Gasteiger partial charge in [0.1, 0.15) is 5.73 Å². The molecule has 0 aromatic heterocycles. The molecule has 2 unspecified atom stereocenters. The minimum atomic E-state index is -2.12. The largest absolute Gasteiger partial charge is 0.461 e. The van der Waals surface area contributed by atoms with Crippen LogP contribution >= 0.6 is 0 Å². The van der Waals surface area contributed by atoms with Crippen molar-refractivity contribution in [2.45, 2.75) is 52.9 Å². The van der Waals surface area contributed by atoms with E-state index in [4.69, 9.17) is 9.16 Å². The number of carbonyl (C=O) groups is 1. The Morgan fingerprint density at radius 2 is 1.82 bits per heavy atom. The van der Waals surface area contributed by atoms with E-state index in [9.17, 15) is 9.90 Å². The fraction of sp³-hybridized carbons (Fsp3) is 0.917. The SMILES string of the molecule is CC.CCC(C)C(=O)OC(CO)[Si](C)(C)OC. The molecule has 0 saturated heterocycles. The molecule has 0 spiro atoms. The number of carbonyl (C=O) groups excluding carboxylic acids is 1. The summed E-state index contributed by atoms with van der Waals surface area (Å²) in [5.74, 6) is -0.380. The van der Waals surface area contributed by atoms with Crippen molar-refractivity contribution in [3.8, 4) is 0 Å². The van der Waals surface area contributed by atoms with Gasteiger partial charge in [0.05, 0.1) is 12.5 Å². The summed E-state index contributed by atoms with van der Waals surface area (Å²) >= 11 is 0. The van der Waals surface area contributed by atoms with E-state index in [-0.39, 0.29) is 18.5 Å². The van der Waals surface area contributed by atoms with Gasteiger partial charge in [0.2, 0.25) is 8.32 Å². The highest BCUT2D eigenvalue weighted by Gasteiger charge is 2.36. The first-order valence-corrected chi connectivity index (χ1v) is 9.24. The Hall–Kier alpha value is -0.393. The molecular formula is C12H28O4Si. The van der Waals surface area contributed by atoms with Gasteiger partial charge >= 0.3 is 5.97 Å². The lowest BCUT2D eigenvalue weighted by Crippen LogP contribution is -2.49. The average molecular weight is 264 g/mol. The summed E-state index contributed by atoms with van der Waals surface area (Å²) in [6.07, 6.45) is 0.742. The Balaban J connectivity index is 0. The Kier molecular flexibility index (Phi) is 10.7. The smallest absolute Gasteiger partial charge is 0.308 e. The third kappa shape index (κ3) is 6.80. The molecule has 1 N–H and O–H groups in total. The topological polar surface area (TPSA) is 55.8 Å². The third-order valence-corrected chi connectivity index (χ3v) is 5.64. The number of aliphatic hydroxyl groups is 1. The fourth-order valence-corrected chi connectivity index (χ4v) is 2.06. The monoisotopic (exact) mass is 264 g/mol. The quantitative estimate of drug-likeness (QED) is 0.591. The van der Waals surface area contributed by atoms with Gasteiger partial charge in [0, 0.05) is 7.11 Å². The lowest BCUT2D eigenvalue weighted by Gasteiger charge is -2.29. The standard InChI is InChI=1S/C10H22O4Si.C2H6/c1-6-8(2)10(12)14-9(7-11)15(4,5)13-3;1-2/h8-9,11H,6-7H2,1-5H3;1-2H3. The number of hydrogen-bond donors (Lipinski definition) is 1. The van der Waals surface area contributed by atoms with Gasteiger partial charge in [-0.15, -0.1) is 0 Å². The Bertz CT molecular complexity index is 207. The van der Waals surface area contributed by atoms with Crippen LogP contribution in [0.4, 0.5) is 0 Å². The molecule has 0 aliphatic carbocycles. The van der Waals surface area contributed by atoms with Crippen LogP contribution in [0.25, 0.3) is 0 Å². The van der Waals surface area contributed by atoms with Gasteiger partial charge in [-0.25, -0.2) is 0 Å². The molecule has 0 aliphatic heterocycles. The van der Waals surface area contributed by atoms with Crippen LogP contribution in [0.2, 0.25) is 13.1 Å². The van der Waals surface area contributed by atoms with Crippen molar-refractivity contribution in [3.05, 3.63) is 0 Å². The van der Waals surface area contributed by atoms with Crippen molar-refractivity contribution in [2.75, 3.05) is 13.7 Å². The minimum absolute atomic E-state index is 0.124. The summed E-state index contributed by atoms with van der Waals surface area (Å²) < 4.78 is 10.6. The molecule has 0 fully saturated rings. The number of esters is 1. The van der Waals surface area contributed by atoms with Gasteiger partial charge in [0.25, 0.3) is 0 Å². The van der Waals surface area contributed by atoms with Crippen LogP contribution in [-0.4, -0.2) is 38.8 Å². The van der Waals surface area contributed by atoms with E-state index >= 15 is 0 Å². The zero-order valence-electron chi connectivity index (χ0n) is 12.2. The van der Waals surface area contributed by atoms with Gasteiger partial charge in [-0.2, -0.15) is 0 Å². The van der Waals surface area contributed by atoms with E-state index in [1.807, 2.05) is 40.8 Å². The molecule has 0 bridgehead atoms. The normalized spacial score (nSPS) is 14.4. The molecule has 0 amide bonds. The molecule has 0 aliphatic rings. The van der Waals surface area contributed by atoms with Crippen LogP contribution < -0.4 is 0 Å². The number of rotatable bonds is 6. The molecule has 0 aromatic carbocycles. The summed E-state index contributed by atoms with van der Waals surface area (Å²) in [5.41, 5.74) is -0.482. The van der Waals surface area contributed by atoms with Crippen molar-refractivity contribution in [1.82, 2.24) is 0 Å². The highest BCUT2D eigenvalue weighted by atomic mass is 28.4. The minimum Gasteiger partial charge on any atom is -0.461 e. The third-order valence-electron chi connectivity index (χ3n) is 2.74.